The summed E-state index contributed by atoms with van der Waals surface area (Å²) in [4.78, 5) is 5.83. The molecule has 1 N–H and O–H groups in total. The molecule has 3 aromatic rings. The molecule has 0 saturated carbocycles. The number of H-pyrrole nitrogens is 1. The Kier molecular flexibility index (Phi) is 5.08. The first-order valence-electron chi connectivity index (χ1n) is 9.50. The third kappa shape index (κ3) is 3.75. The van der Waals surface area contributed by atoms with Crippen LogP contribution in [0, 0.1) is 11.7 Å². The van der Waals surface area contributed by atoms with Crippen molar-refractivity contribution in [2.75, 3.05) is 23.7 Å². The third-order valence-corrected chi connectivity index (χ3v) is 6.39. The Morgan fingerprint density at radius 3 is 2.64 bits per heavy atom. The largest absolute Gasteiger partial charge is 0.365 e. The summed E-state index contributed by atoms with van der Waals surface area (Å²) in [5.41, 5.74) is 2.35. The standard InChI is InChI=1S/C22H23F3N2S/c1-14(2)12-28-15-7-8-19(27-10-9-22(24,25)13-27)17(11-15)21-20(23)16-5-3-4-6-18(16)26-21/h3-8,11,14,26H,9-10,12-13H2,1-2H3. The van der Waals surface area contributed by atoms with Crippen molar-refractivity contribution in [3.63, 3.8) is 0 Å². The molecule has 1 saturated heterocycles. The molecular weight excluding hydrogens is 381 g/mol. The molecule has 1 aliphatic heterocycles. The number of hydrogen-bond acceptors (Lipinski definition) is 2. The van der Waals surface area contributed by atoms with E-state index in [-0.39, 0.29) is 25.3 Å². The van der Waals surface area contributed by atoms with Gasteiger partial charge in [0, 0.05) is 45.8 Å². The molecule has 0 bridgehead atoms. The molecule has 2 aromatic carbocycles. The summed E-state index contributed by atoms with van der Waals surface area (Å²) in [7, 11) is 0. The van der Waals surface area contributed by atoms with Crippen LogP contribution in [0.15, 0.2) is 47.4 Å². The van der Waals surface area contributed by atoms with Crippen molar-refractivity contribution in [2.45, 2.75) is 31.1 Å². The van der Waals surface area contributed by atoms with Crippen molar-refractivity contribution in [1.82, 2.24) is 4.98 Å². The molecular formula is C22H23F3N2S. The number of rotatable bonds is 5. The molecule has 0 amide bonds. The fraction of sp³-hybridized carbons (Fsp3) is 0.364. The minimum absolute atomic E-state index is 0.175. The van der Waals surface area contributed by atoms with Gasteiger partial charge in [-0.1, -0.05) is 26.0 Å². The van der Waals surface area contributed by atoms with E-state index in [1.165, 1.54) is 0 Å². The minimum Gasteiger partial charge on any atom is -0.365 e. The summed E-state index contributed by atoms with van der Waals surface area (Å²) < 4.78 is 42.8. The average Bonchev–Trinajstić information content (AvgIpc) is 3.19. The van der Waals surface area contributed by atoms with Gasteiger partial charge < -0.3 is 9.88 Å². The van der Waals surface area contributed by atoms with Crippen molar-refractivity contribution in [2.24, 2.45) is 5.92 Å². The summed E-state index contributed by atoms with van der Waals surface area (Å²) in [6, 6.07) is 12.9. The Hall–Kier alpha value is -2.08. The van der Waals surface area contributed by atoms with Crippen LogP contribution in [-0.2, 0) is 0 Å². The number of halogens is 3. The van der Waals surface area contributed by atoms with E-state index in [9.17, 15) is 8.78 Å². The van der Waals surface area contributed by atoms with Crippen LogP contribution in [0.3, 0.4) is 0 Å². The Balaban J connectivity index is 1.81. The van der Waals surface area contributed by atoms with E-state index < -0.39 is 5.92 Å². The molecule has 2 heterocycles. The highest BCUT2D eigenvalue weighted by Crippen LogP contribution is 2.41. The van der Waals surface area contributed by atoms with Gasteiger partial charge in [0.25, 0.3) is 5.92 Å². The molecule has 148 valence electrons. The topological polar surface area (TPSA) is 19.0 Å². The zero-order chi connectivity index (χ0) is 19.9. The molecule has 0 atom stereocenters. The van der Waals surface area contributed by atoms with Gasteiger partial charge in [-0.15, -0.1) is 11.8 Å². The van der Waals surface area contributed by atoms with Crippen molar-refractivity contribution >= 4 is 28.4 Å². The van der Waals surface area contributed by atoms with Gasteiger partial charge in [0.2, 0.25) is 0 Å². The molecule has 0 aliphatic carbocycles. The summed E-state index contributed by atoms with van der Waals surface area (Å²) >= 11 is 1.70. The molecule has 28 heavy (non-hydrogen) atoms. The fourth-order valence-corrected chi connectivity index (χ4v) is 4.47. The maximum Gasteiger partial charge on any atom is 0.266 e. The molecule has 1 aliphatic rings. The highest BCUT2D eigenvalue weighted by molar-refractivity contribution is 7.99. The van der Waals surface area contributed by atoms with Gasteiger partial charge in [0.05, 0.1) is 12.2 Å². The maximum atomic E-state index is 15.2. The summed E-state index contributed by atoms with van der Waals surface area (Å²) in [6.45, 7) is 4.22. The molecule has 1 fully saturated rings. The summed E-state index contributed by atoms with van der Waals surface area (Å²) in [5, 5.41) is 0.510. The first-order chi connectivity index (χ1) is 13.3. The van der Waals surface area contributed by atoms with Crippen LogP contribution in [0.4, 0.5) is 18.9 Å². The minimum atomic E-state index is -2.71. The van der Waals surface area contributed by atoms with Crippen LogP contribution in [0.1, 0.15) is 20.3 Å². The van der Waals surface area contributed by atoms with Crippen LogP contribution >= 0.6 is 11.8 Å². The molecule has 0 radical (unpaired) electrons. The summed E-state index contributed by atoms with van der Waals surface area (Å²) in [6.07, 6.45) is -0.175. The monoisotopic (exact) mass is 404 g/mol. The first kappa shape index (κ1) is 19.2. The number of alkyl halides is 2. The predicted octanol–water partition coefficient (Wildman–Crippen LogP) is 6.57. The number of nitrogens with zero attached hydrogens (tertiary/aromatic N) is 1. The van der Waals surface area contributed by atoms with Crippen molar-refractivity contribution in [3.8, 4) is 11.3 Å². The zero-order valence-electron chi connectivity index (χ0n) is 15.9. The van der Waals surface area contributed by atoms with Gasteiger partial charge >= 0.3 is 0 Å². The van der Waals surface area contributed by atoms with Crippen LogP contribution in [0.2, 0.25) is 0 Å². The van der Waals surface area contributed by atoms with E-state index in [2.05, 4.69) is 18.8 Å². The van der Waals surface area contributed by atoms with E-state index in [0.29, 0.717) is 33.8 Å². The number of anilines is 1. The number of nitrogens with one attached hydrogen (secondary N) is 1. The second-order valence-corrected chi connectivity index (χ2v) is 8.86. The second kappa shape index (κ2) is 7.39. The van der Waals surface area contributed by atoms with Crippen LogP contribution in [0.25, 0.3) is 22.2 Å². The van der Waals surface area contributed by atoms with Crippen molar-refractivity contribution in [3.05, 3.63) is 48.3 Å². The highest BCUT2D eigenvalue weighted by Gasteiger charge is 2.39. The number of fused-ring (bicyclic) bond motifs is 1. The molecule has 4 rings (SSSR count). The Morgan fingerprint density at radius 2 is 1.96 bits per heavy atom. The summed E-state index contributed by atoms with van der Waals surface area (Å²) in [5.74, 6) is -1.58. The Morgan fingerprint density at radius 1 is 1.18 bits per heavy atom. The van der Waals surface area contributed by atoms with E-state index in [0.717, 1.165) is 10.6 Å². The molecule has 1 aromatic heterocycles. The number of benzene rings is 2. The third-order valence-electron chi connectivity index (χ3n) is 4.97. The van der Waals surface area contributed by atoms with Gasteiger partial charge in [-0.05, 0) is 36.2 Å². The SMILES string of the molecule is CC(C)CSc1ccc(N2CCC(F)(F)C2)c(-c2[nH]c3ccccc3c2F)c1. The first-order valence-corrected chi connectivity index (χ1v) is 10.5. The van der Waals surface area contributed by atoms with Gasteiger partial charge in [-0.25, -0.2) is 13.2 Å². The van der Waals surface area contributed by atoms with E-state index >= 15 is 4.39 Å². The number of aromatic nitrogens is 1. The highest BCUT2D eigenvalue weighted by atomic mass is 32.2. The fourth-order valence-electron chi connectivity index (χ4n) is 3.58. The number of para-hydroxylation sites is 1. The molecule has 0 spiro atoms. The lowest BCUT2D eigenvalue weighted by molar-refractivity contribution is 0.0257. The lowest BCUT2D eigenvalue weighted by atomic mass is 10.1. The average molecular weight is 405 g/mol. The van der Waals surface area contributed by atoms with Gasteiger partial charge in [-0.2, -0.15) is 0 Å². The number of aromatic amines is 1. The molecule has 0 unspecified atom stereocenters. The Bertz CT molecular complexity index is 997. The van der Waals surface area contributed by atoms with Crippen molar-refractivity contribution < 1.29 is 13.2 Å². The maximum absolute atomic E-state index is 15.2. The van der Waals surface area contributed by atoms with E-state index in [4.69, 9.17) is 0 Å². The van der Waals surface area contributed by atoms with Crippen molar-refractivity contribution in [1.29, 1.82) is 0 Å². The van der Waals surface area contributed by atoms with Gasteiger partial charge in [0.1, 0.15) is 0 Å². The smallest absolute Gasteiger partial charge is 0.266 e. The van der Waals surface area contributed by atoms with Crippen LogP contribution in [0.5, 0.6) is 0 Å². The van der Waals surface area contributed by atoms with E-state index in [1.54, 1.807) is 28.8 Å². The Labute approximate surface area is 167 Å². The lowest BCUT2D eigenvalue weighted by Gasteiger charge is -2.22. The predicted molar refractivity (Wildman–Crippen MR) is 111 cm³/mol. The number of thioether (sulfide) groups is 1. The zero-order valence-corrected chi connectivity index (χ0v) is 16.8. The normalized spacial score (nSPS) is 16.4. The van der Waals surface area contributed by atoms with Crippen LogP contribution < -0.4 is 4.90 Å². The second-order valence-electron chi connectivity index (χ2n) is 7.77. The lowest BCUT2D eigenvalue weighted by Crippen LogP contribution is -2.25. The molecule has 2 nitrogen and oxygen atoms in total. The number of hydrogen-bond donors (Lipinski definition) is 1. The van der Waals surface area contributed by atoms with Crippen LogP contribution in [-0.4, -0.2) is 29.7 Å². The van der Waals surface area contributed by atoms with E-state index in [1.807, 2.05) is 30.3 Å². The quantitative estimate of drug-likeness (QED) is 0.485. The van der Waals surface area contributed by atoms with Gasteiger partial charge in [-0.3, -0.25) is 0 Å². The van der Waals surface area contributed by atoms with Gasteiger partial charge in [0.15, 0.2) is 5.82 Å². The molecule has 6 heteroatoms.